The maximum absolute atomic E-state index is 11.4. The third-order valence-electron chi connectivity index (χ3n) is 4.64. The van der Waals surface area contributed by atoms with Crippen LogP contribution in [0.5, 0.6) is 0 Å². The molecule has 1 aliphatic heterocycles. The lowest BCUT2D eigenvalue weighted by Crippen LogP contribution is -2.35. The first kappa shape index (κ1) is 15.6. The SMILES string of the molecule is N#Cc1ccc(-n2c3c(c4cc(Cl)ccc42)CCN(C(=O)O)C3)cc1. The molecule has 0 saturated heterocycles. The van der Waals surface area contributed by atoms with Gasteiger partial charge in [0.25, 0.3) is 0 Å². The fraction of sp³-hybridized carbons (Fsp3) is 0.158. The van der Waals surface area contributed by atoms with Gasteiger partial charge in [0.1, 0.15) is 0 Å². The maximum atomic E-state index is 11.4. The molecule has 0 spiro atoms. The second kappa shape index (κ2) is 5.83. The lowest BCUT2D eigenvalue weighted by Gasteiger charge is -2.26. The predicted molar refractivity (Wildman–Crippen MR) is 95.1 cm³/mol. The Morgan fingerprint density at radius 3 is 2.64 bits per heavy atom. The second-order valence-electron chi connectivity index (χ2n) is 6.03. The molecule has 1 aromatic heterocycles. The fourth-order valence-electron chi connectivity index (χ4n) is 3.48. The number of carboxylic acid groups (broad SMARTS) is 1. The second-order valence-corrected chi connectivity index (χ2v) is 6.47. The average molecular weight is 352 g/mol. The summed E-state index contributed by atoms with van der Waals surface area (Å²) in [6.07, 6.45) is -0.262. The molecule has 6 heteroatoms. The summed E-state index contributed by atoms with van der Waals surface area (Å²) in [7, 11) is 0. The van der Waals surface area contributed by atoms with Crippen molar-refractivity contribution in [2.45, 2.75) is 13.0 Å². The van der Waals surface area contributed by atoms with E-state index in [1.807, 2.05) is 30.3 Å². The maximum Gasteiger partial charge on any atom is 0.407 e. The molecule has 0 unspecified atom stereocenters. The molecule has 0 atom stereocenters. The molecular formula is C19H14ClN3O2. The van der Waals surface area contributed by atoms with Gasteiger partial charge >= 0.3 is 6.09 Å². The topological polar surface area (TPSA) is 69.3 Å². The number of carbonyl (C=O) groups is 1. The van der Waals surface area contributed by atoms with E-state index in [9.17, 15) is 9.90 Å². The van der Waals surface area contributed by atoms with Gasteiger partial charge in [0.2, 0.25) is 0 Å². The van der Waals surface area contributed by atoms with Crippen molar-refractivity contribution >= 4 is 28.6 Å². The van der Waals surface area contributed by atoms with Crippen LogP contribution in [0, 0.1) is 11.3 Å². The van der Waals surface area contributed by atoms with Gasteiger partial charge in [-0.1, -0.05) is 11.6 Å². The number of rotatable bonds is 1. The minimum Gasteiger partial charge on any atom is -0.465 e. The predicted octanol–water partition coefficient (Wildman–Crippen LogP) is 4.19. The highest BCUT2D eigenvalue weighted by Crippen LogP contribution is 2.35. The zero-order valence-corrected chi connectivity index (χ0v) is 14.0. The van der Waals surface area contributed by atoms with Crippen LogP contribution in [0.15, 0.2) is 42.5 Å². The summed E-state index contributed by atoms with van der Waals surface area (Å²) in [6.45, 7) is 0.804. The molecule has 1 aliphatic rings. The van der Waals surface area contributed by atoms with Crippen molar-refractivity contribution in [1.82, 2.24) is 9.47 Å². The standard InChI is InChI=1S/C19H14ClN3O2/c20-13-3-6-17-16(9-13)15-7-8-22(19(24)25)11-18(15)23(17)14-4-1-12(10-21)2-5-14/h1-6,9H,7-8,11H2,(H,24,25). The van der Waals surface area contributed by atoms with Crippen molar-refractivity contribution in [2.24, 2.45) is 0 Å². The number of fused-ring (bicyclic) bond motifs is 3. The van der Waals surface area contributed by atoms with Gasteiger partial charge in [-0.2, -0.15) is 5.26 Å². The molecule has 3 aromatic rings. The zero-order valence-electron chi connectivity index (χ0n) is 13.2. The Morgan fingerprint density at radius 2 is 1.96 bits per heavy atom. The van der Waals surface area contributed by atoms with Crippen LogP contribution in [0.4, 0.5) is 4.79 Å². The van der Waals surface area contributed by atoms with Crippen LogP contribution >= 0.6 is 11.6 Å². The summed E-state index contributed by atoms with van der Waals surface area (Å²) in [5.74, 6) is 0. The minimum absolute atomic E-state index is 0.330. The highest BCUT2D eigenvalue weighted by atomic mass is 35.5. The van der Waals surface area contributed by atoms with Crippen molar-refractivity contribution in [2.75, 3.05) is 6.54 Å². The number of amides is 1. The Hall–Kier alpha value is -2.97. The van der Waals surface area contributed by atoms with Crippen molar-refractivity contribution in [3.8, 4) is 11.8 Å². The molecule has 0 radical (unpaired) electrons. The van der Waals surface area contributed by atoms with E-state index in [1.165, 1.54) is 4.90 Å². The number of nitriles is 1. The fourth-order valence-corrected chi connectivity index (χ4v) is 3.65. The Labute approximate surface area is 149 Å². The summed E-state index contributed by atoms with van der Waals surface area (Å²) in [5.41, 5.74) is 4.57. The molecule has 5 nitrogen and oxygen atoms in total. The van der Waals surface area contributed by atoms with E-state index in [4.69, 9.17) is 16.9 Å². The van der Waals surface area contributed by atoms with Gasteiger partial charge in [-0.3, -0.25) is 0 Å². The first-order chi connectivity index (χ1) is 12.1. The monoisotopic (exact) mass is 351 g/mol. The van der Waals surface area contributed by atoms with Crippen molar-refractivity contribution in [3.05, 3.63) is 64.3 Å². The molecule has 124 valence electrons. The quantitative estimate of drug-likeness (QED) is 0.714. The summed E-state index contributed by atoms with van der Waals surface area (Å²) < 4.78 is 2.07. The van der Waals surface area contributed by atoms with Gasteiger partial charge in [0.05, 0.1) is 23.7 Å². The number of halogens is 1. The third kappa shape index (κ3) is 2.51. The number of nitrogens with zero attached hydrogens (tertiary/aromatic N) is 3. The molecule has 4 rings (SSSR count). The normalized spacial score (nSPS) is 13.5. The lowest BCUT2D eigenvalue weighted by atomic mass is 10.0. The van der Waals surface area contributed by atoms with Crippen molar-refractivity contribution < 1.29 is 9.90 Å². The van der Waals surface area contributed by atoms with Crippen LogP contribution < -0.4 is 0 Å². The molecule has 0 fully saturated rings. The van der Waals surface area contributed by atoms with E-state index in [0.717, 1.165) is 27.8 Å². The Morgan fingerprint density at radius 1 is 1.20 bits per heavy atom. The van der Waals surface area contributed by atoms with Gasteiger partial charge in [-0.05, 0) is 54.4 Å². The van der Waals surface area contributed by atoms with Gasteiger partial charge in [0, 0.05) is 28.3 Å². The van der Waals surface area contributed by atoms with E-state index >= 15 is 0 Å². The van der Waals surface area contributed by atoms with Crippen LogP contribution in [0.2, 0.25) is 5.02 Å². The first-order valence-corrected chi connectivity index (χ1v) is 8.26. The molecule has 0 aliphatic carbocycles. The molecular weight excluding hydrogens is 338 g/mol. The molecule has 1 amide bonds. The molecule has 2 heterocycles. The largest absolute Gasteiger partial charge is 0.465 e. The number of hydrogen-bond acceptors (Lipinski definition) is 2. The zero-order chi connectivity index (χ0) is 17.6. The summed E-state index contributed by atoms with van der Waals surface area (Å²) in [5, 5.41) is 20.1. The van der Waals surface area contributed by atoms with Crippen LogP contribution in [0.25, 0.3) is 16.6 Å². The third-order valence-corrected chi connectivity index (χ3v) is 4.88. The molecule has 0 saturated carbocycles. The van der Waals surface area contributed by atoms with E-state index in [0.29, 0.717) is 30.1 Å². The number of aromatic nitrogens is 1. The van der Waals surface area contributed by atoms with Crippen LogP contribution in [-0.2, 0) is 13.0 Å². The highest BCUT2D eigenvalue weighted by molar-refractivity contribution is 6.31. The lowest BCUT2D eigenvalue weighted by molar-refractivity contribution is 0.139. The van der Waals surface area contributed by atoms with Crippen molar-refractivity contribution in [3.63, 3.8) is 0 Å². The highest BCUT2D eigenvalue weighted by Gasteiger charge is 2.27. The smallest absolute Gasteiger partial charge is 0.407 e. The van der Waals surface area contributed by atoms with Crippen molar-refractivity contribution in [1.29, 1.82) is 5.26 Å². The van der Waals surface area contributed by atoms with Gasteiger partial charge in [-0.15, -0.1) is 0 Å². The molecule has 25 heavy (non-hydrogen) atoms. The van der Waals surface area contributed by atoms with E-state index in [2.05, 4.69) is 10.6 Å². The molecule has 2 aromatic carbocycles. The van der Waals surface area contributed by atoms with Crippen LogP contribution in [-0.4, -0.2) is 27.2 Å². The molecule has 0 bridgehead atoms. The Kier molecular flexibility index (Phi) is 3.63. The van der Waals surface area contributed by atoms with Crippen LogP contribution in [0.1, 0.15) is 16.8 Å². The summed E-state index contributed by atoms with van der Waals surface area (Å²) in [6, 6.07) is 15.1. The Bertz CT molecular complexity index is 1030. The summed E-state index contributed by atoms with van der Waals surface area (Å²) in [4.78, 5) is 12.8. The van der Waals surface area contributed by atoms with Gasteiger partial charge < -0.3 is 14.6 Å². The van der Waals surface area contributed by atoms with E-state index in [-0.39, 0.29) is 0 Å². The van der Waals surface area contributed by atoms with Gasteiger partial charge in [-0.25, -0.2) is 4.79 Å². The number of benzene rings is 2. The number of hydrogen-bond donors (Lipinski definition) is 1. The Balaban J connectivity index is 1.97. The minimum atomic E-state index is -0.916. The first-order valence-electron chi connectivity index (χ1n) is 7.88. The van der Waals surface area contributed by atoms with Crippen LogP contribution in [0.3, 0.4) is 0 Å². The van der Waals surface area contributed by atoms with E-state index in [1.54, 1.807) is 12.1 Å². The van der Waals surface area contributed by atoms with Gasteiger partial charge in [0.15, 0.2) is 0 Å². The van der Waals surface area contributed by atoms with E-state index < -0.39 is 6.09 Å². The average Bonchev–Trinajstić information content (AvgIpc) is 2.94. The molecule has 1 N–H and O–H groups in total. The summed E-state index contributed by atoms with van der Waals surface area (Å²) >= 11 is 6.19.